The highest BCUT2D eigenvalue weighted by Gasteiger charge is 2.38. The van der Waals surface area contributed by atoms with Gasteiger partial charge in [-0.3, -0.25) is 9.69 Å². The van der Waals surface area contributed by atoms with Crippen LogP contribution >= 0.6 is 0 Å². The summed E-state index contributed by atoms with van der Waals surface area (Å²) in [6, 6.07) is -0.181. The normalized spacial score (nSPS) is 26.6. The summed E-state index contributed by atoms with van der Waals surface area (Å²) in [5, 5.41) is 2.94. The van der Waals surface area contributed by atoms with Gasteiger partial charge in [0, 0.05) is 25.2 Å². The van der Waals surface area contributed by atoms with Crippen LogP contribution in [0, 0.1) is 5.92 Å². The third-order valence-corrected chi connectivity index (χ3v) is 3.28. The van der Waals surface area contributed by atoms with Crippen molar-refractivity contribution in [3.05, 3.63) is 0 Å². The maximum atomic E-state index is 11.9. The first-order chi connectivity index (χ1) is 7.38. The van der Waals surface area contributed by atoms with E-state index in [1.807, 2.05) is 0 Å². The second-order valence-electron chi connectivity index (χ2n) is 5.65. The molecule has 16 heavy (non-hydrogen) atoms. The first-order valence-corrected chi connectivity index (χ1v) is 6.13. The van der Waals surface area contributed by atoms with E-state index in [0.717, 1.165) is 19.5 Å². The third kappa shape index (κ3) is 2.95. The Morgan fingerprint density at radius 1 is 1.56 bits per heavy atom. The van der Waals surface area contributed by atoms with Gasteiger partial charge in [0.25, 0.3) is 0 Å². The third-order valence-electron chi connectivity index (χ3n) is 3.28. The van der Waals surface area contributed by atoms with Crippen LogP contribution < -0.4 is 11.1 Å². The van der Waals surface area contributed by atoms with Gasteiger partial charge < -0.3 is 11.1 Å². The fraction of sp³-hybridized carbons (Fsp3) is 0.917. The van der Waals surface area contributed by atoms with Gasteiger partial charge >= 0.3 is 0 Å². The van der Waals surface area contributed by atoms with Gasteiger partial charge in [0.05, 0.1) is 0 Å². The molecule has 1 rings (SSSR count). The number of carbonyl (C=O) groups excluding carboxylic acids is 1. The Bertz CT molecular complexity index is 251. The van der Waals surface area contributed by atoms with Gasteiger partial charge in [-0.2, -0.15) is 0 Å². The van der Waals surface area contributed by atoms with Crippen LogP contribution in [0.2, 0.25) is 0 Å². The Morgan fingerprint density at radius 3 is 2.69 bits per heavy atom. The minimum atomic E-state index is -0.181. The molecule has 0 radical (unpaired) electrons. The van der Waals surface area contributed by atoms with Gasteiger partial charge in [0.1, 0.15) is 6.04 Å². The van der Waals surface area contributed by atoms with E-state index in [1.165, 1.54) is 0 Å². The van der Waals surface area contributed by atoms with E-state index < -0.39 is 0 Å². The smallest absolute Gasteiger partial charge is 0.238 e. The molecule has 1 unspecified atom stereocenters. The molecule has 0 aromatic heterocycles. The number of nitrogens with one attached hydrogen (secondary N) is 1. The van der Waals surface area contributed by atoms with E-state index in [9.17, 15) is 4.79 Å². The van der Waals surface area contributed by atoms with Crippen LogP contribution in [0.4, 0.5) is 0 Å². The fourth-order valence-electron chi connectivity index (χ4n) is 2.32. The average molecular weight is 227 g/mol. The van der Waals surface area contributed by atoms with Crippen molar-refractivity contribution in [2.24, 2.45) is 11.7 Å². The Balaban J connectivity index is 2.92. The van der Waals surface area contributed by atoms with Crippen molar-refractivity contribution < 1.29 is 4.79 Å². The molecular formula is C12H25N3O. The van der Waals surface area contributed by atoms with Gasteiger partial charge in [-0.05, 0) is 26.2 Å². The lowest BCUT2D eigenvalue weighted by molar-refractivity contribution is -0.126. The van der Waals surface area contributed by atoms with E-state index in [0.29, 0.717) is 12.5 Å². The summed E-state index contributed by atoms with van der Waals surface area (Å²) in [5.41, 5.74) is 5.78. The molecule has 4 heteroatoms. The summed E-state index contributed by atoms with van der Waals surface area (Å²) in [6.07, 6.45) is 0.974. The van der Waals surface area contributed by atoms with Crippen LogP contribution in [-0.2, 0) is 4.79 Å². The number of nitrogens with zero attached hydrogens (tertiary/aromatic N) is 1. The Labute approximate surface area is 98.6 Å². The molecule has 1 aliphatic heterocycles. The number of hydrogen-bond acceptors (Lipinski definition) is 3. The lowest BCUT2D eigenvalue weighted by Gasteiger charge is -2.41. The highest BCUT2D eigenvalue weighted by atomic mass is 16.2. The molecular weight excluding hydrogens is 202 g/mol. The maximum absolute atomic E-state index is 11.9. The van der Waals surface area contributed by atoms with Crippen molar-refractivity contribution in [1.29, 1.82) is 0 Å². The molecule has 1 saturated heterocycles. The molecule has 1 aliphatic rings. The van der Waals surface area contributed by atoms with Crippen molar-refractivity contribution in [2.45, 2.75) is 45.7 Å². The summed E-state index contributed by atoms with van der Waals surface area (Å²) in [6.45, 7) is 10.8. The molecule has 0 aliphatic carbocycles. The van der Waals surface area contributed by atoms with Crippen LogP contribution in [-0.4, -0.2) is 42.0 Å². The Morgan fingerprint density at radius 2 is 2.19 bits per heavy atom. The van der Waals surface area contributed by atoms with Crippen molar-refractivity contribution in [3.8, 4) is 0 Å². The predicted molar refractivity (Wildman–Crippen MR) is 66.1 cm³/mol. The van der Waals surface area contributed by atoms with Crippen LogP contribution in [0.5, 0.6) is 0 Å². The van der Waals surface area contributed by atoms with Crippen molar-refractivity contribution in [2.75, 3.05) is 19.6 Å². The van der Waals surface area contributed by atoms with E-state index in [2.05, 4.69) is 37.9 Å². The molecule has 3 N–H and O–H groups in total. The van der Waals surface area contributed by atoms with Gasteiger partial charge in [0.15, 0.2) is 0 Å². The maximum Gasteiger partial charge on any atom is 0.238 e. The molecule has 94 valence electrons. The predicted octanol–water partition coefficient (Wildman–Crippen LogP) is 0.570. The van der Waals surface area contributed by atoms with Gasteiger partial charge in [0.2, 0.25) is 5.91 Å². The zero-order valence-electron chi connectivity index (χ0n) is 10.9. The van der Waals surface area contributed by atoms with Gasteiger partial charge in [-0.25, -0.2) is 0 Å². The van der Waals surface area contributed by atoms with Crippen LogP contribution in [0.1, 0.15) is 34.1 Å². The van der Waals surface area contributed by atoms with Crippen molar-refractivity contribution in [1.82, 2.24) is 10.2 Å². The second-order valence-corrected chi connectivity index (χ2v) is 5.65. The van der Waals surface area contributed by atoms with Gasteiger partial charge in [-0.15, -0.1) is 0 Å². The number of carbonyl (C=O) groups is 1. The monoisotopic (exact) mass is 227 g/mol. The standard InChI is InChI=1S/C12H25N3O/c1-9(2)8-15-10(7-13)11(16)14-6-5-12(15,3)4/h9-10H,5-8,13H2,1-4H3,(H,14,16). The van der Waals surface area contributed by atoms with Crippen molar-refractivity contribution in [3.63, 3.8) is 0 Å². The van der Waals surface area contributed by atoms with E-state index in [4.69, 9.17) is 5.73 Å². The van der Waals surface area contributed by atoms with E-state index in [1.54, 1.807) is 0 Å². The zero-order chi connectivity index (χ0) is 12.3. The summed E-state index contributed by atoms with van der Waals surface area (Å²) in [5.74, 6) is 0.618. The lowest BCUT2D eigenvalue weighted by atomic mass is 9.95. The van der Waals surface area contributed by atoms with E-state index in [-0.39, 0.29) is 17.5 Å². The average Bonchev–Trinajstić information content (AvgIpc) is 2.25. The molecule has 0 aromatic rings. The quantitative estimate of drug-likeness (QED) is 0.741. The first-order valence-electron chi connectivity index (χ1n) is 6.13. The highest BCUT2D eigenvalue weighted by molar-refractivity contribution is 5.82. The first kappa shape index (κ1) is 13.5. The van der Waals surface area contributed by atoms with Crippen LogP contribution in [0.25, 0.3) is 0 Å². The summed E-state index contributed by atoms with van der Waals surface area (Å²) in [4.78, 5) is 14.2. The molecule has 4 nitrogen and oxygen atoms in total. The fourth-order valence-corrected chi connectivity index (χ4v) is 2.32. The molecule has 0 bridgehead atoms. The highest BCUT2D eigenvalue weighted by Crippen LogP contribution is 2.24. The molecule has 0 spiro atoms. The van der Waals surface area contributed by atoms with E-state index >= 15 is 0 Å². The Hall–Kier alpha value is -0.610. The van der Waals surface area contributed by atoms with Crippen LogP contribution in [0.3, 0.4) is 0 Å². The number of amides is 1. The molecule has 0 saturated carbocycles. The zero-order valence-corrected chi connectivity index (χ0v) is 10.9. The molecule has 1 heterocycles. The minimum absolute atomic E-state index is 0.0352. The SMILES string of the molecule is CC(C)CN1C(CN)C(=O)NCCC1(C)C. The summed E-state index contributed by atoms with van der Waals surface area (Å²) >= 11 is 0. The number of nitrogens with two attached hydrogens (primary N) is 1. The van der Waals surface area contributed by atoms with Gasteiger partial charge in [-0.1, -0.05) is 13.8 Å². The van der Waals surface area contributed by atoms with Crippen LogP contribution in [0.15, 0.2) is 0 Å². The minimum Gasteiger partial charge on any atom is -0.355 e. The topological polar surface area (TPSA) is 58.4 Å². The number of hydrogen-bond donors (Lipinski definition) is 2. The molecule has 1 amide bonds. The largest absolute Gasteiger partial charge is 0.355 e. The summed E-state index contributed by atoms with van der Waals surface area (Å²) in [7, 11) is 0. The number of rotatable bonds is 3. The van der Waals surface area contributed by atoms with Crippen molar-refractivity contribution >= 4 is 5.91 Å². The summed E-state index contributed by atoms with van der Waals surface area (Å²) < 4.78 is 0. The second kappa shape index (κ2) is 5.15. The lowest BCUT2D eigenvalue weighted by Crippen LogP contribution is -2.56. The Kier molecular flexibility index (Phi) is 4.33. The molecule has 0 aromatic carbocycles. The molecule has 1 atom stereocenters. The molecule has 1 fully saturated rings.